The normalized spacial score (nSPS) is 32.3. The fraction of sp³-hybridized carbons (Fsp3) is 0.294. The molecule has 3 aliphatic rings. The number of amides is 2. The monoisotopic (exact) mass is 291 g/mol. The fourth-order valence-electron chi connectivity index (χ4n) is 4.25. The van der Waals surface area contributed by atoms with Crippen LogP contribution in [0.5, 0.6) is 0 Å². The van der Waals surface area contributed by atoms with Crippen molar-refractivity contribution in [1.29, 1.82) is 0 Å². The first-order valence-electron chi connectivity index (χ1n) is 7.51. The summed E-state index contributed by atoms with van der Waals surface area (Å²) < 4.78 is 0. The predicted octanol–water partition coefficient (Wildman–Crippen LogP) is 1.94. The first-order chi connectivity index (χ1) is 10.7. The molecule has 2 aliphatic carbocycles. The van der Waals surface area contributed by atoms with E-state index in [1.54, 1.807) is 30.6 Å². The number of carbonyl (C=O) groups excluding carboxylic acids is 2. The Morgan fingerprint density at radius 1 is 0.909 bits per heavy atom. The van der Waals surface area contributed by atoms with Crippen LogP contribution in [0, 0.1) is 23.7 Å². The lowest BCUT2D eigenvalue weighted by atomic mass is 9.85. The van der Waals surface area contributed by atoms with Crippen molar-refractivity contribution in [3.8, 4) is 0 Å². The number of hydrogen-bond donors (Lipinski definition) is 0. The molecule has 4 atom stereocenters. The number of imide groups is 1. The molecule has 2 aromatic rings. The van der Waals surface area contributed by atoms with Crippen LogP contribution in [0.15, 0.2) is 42.7 Å². The highest BCUT2D eigenvalue weighted by Gasteiger charge is 2.59. The Morgan fingerprint density at radius 3 is 2.23 bits per heavy atom. The third kappa shape index (κ3) is 1.38. The van der Waals surface area contributed by atoms with Gasteiger partial charge in [-0.05, 0) is 36.5 Å². The van der Waals surface area contributed by atoms with Crippen LogP contribution in [0.25, 0.3) is 11.0 Å². The van der Waals surface area contributed by atoms with Gasteiger partial charge >= 0.3 is 0 Å². The van der Waals surface area contributed by atoms with Gasteiger partial charge in [-0.25, -0.2) is 4.90 Å². The summed E-state index contributed by atoms with van der Waals surface area (Å²) in [5, 5.41) is 0. The van der Waals surface area contributed by atoms with Crippen LogP contribution >= 0.6 is 0 Å². The molecule has 1 aromatic carbocycles. The summed E-state index contributed by atoms with van der Waals surface area (Å²) in [5.74, 6) is 0.0127. The number of fused-ring (bicyclic) bond motifs is 6. The molecule has 5 heteroatoms. The molecule has 1 saturated carbocycles. The summed E-state index contributed by atoms with van der Waals surface area (Å²) in [4.78, 5) is 35.3. The van der Waals surface area contributed by atoms with Crippen molar-refractivity contribution in [1.82, 2.24) is 9.97 Å². The lowest BCUT2D eigenvalue weighted by Gasteiger charge is -2.17. The standard InChI is InChI=1S/C17H13N3O2/c21-16-14-9-1-2-10(7-9)15(14)17(22)20(16)11-3-4-12-13(8-11)19-6-5-18-12/h1-6,8-10,14-15H,7H2/t9-,10-,14+,15+/m0/s1. The fourth-order valence-corrected chi connectivity index (χ4v) is 4.25. The molecule has 0 unspecified atom stereocenters. The summed E-state index contributed by atoms with van der Waals surface area (Å²) in [7, 11) is 0. The number of rotatable bonds is 1. The number of hydrogen-bond acceptors (Lipinski definition) is 4. The highest BCUT2D eigenvalue weighted by molar-refractivity contribution is 6.23. The predicted molar refractivity (Wildman–Crippen MR) is 79.7 cm³/mol. The topological polar surface area (TPSA) is 63.2 Å². The zero-order chi connectivity index (χ0) is 14.8. The van der Waals surface area contributed by atoms with Crippen molar-refractivity contribution < 1.29 is 9.59 Å². The molecule has 0 N–H and O–H groups in total. The summed E-state index contributed by atoms with van der Waals surface area (Å²) in [6.45, 7) is 0. The second-order valence-electron chi connectivity index (χ2n) is 6.24. The molecule has 1 aliphatic heterocycles. The number of nitrogens with zero attached hydrogens (tertiary/aromatic N) is 3. The summed E-state index contributed by atoms with van der Waals surface area (Å²) >= 11 is 0. The van der Waals surface area contributed by atoms with Gasteiger partial charge in [0.15, 0.2) is 0 Å². The van der Waals surface area contributed by atoms with Gasteiger partial charge < -0.3 is 0 Å². The summed E-state index contributed by atoms with van der Waals surface area (Å²) in [6.07, 6.45) is 8.39. The summed E-state index contributed by atoms with van der Waals surface area (Å²) in [5.41, 5.74) is 2.06. The van der Waals surface area contributed by atoms with E-state index in [-0.39, 0.29) is 35.5 Å². The van der Waals surface area contributed by atoms with Crippen molar-refractivity contribution in [2.45, 2.75) is 6.42 Å². The van der Waals surface area contributed by atoms with E-state index < -0.39 is 0 Å². The molecule has 2 amide bonds. The first-order valence-corrected chi connectivity index (χ1v) is 7.51. The van der Waals surface area contributed by atoms with Gasteiger partial charge in [0.1, 0.15) is 0 Å². The molecule has 108 valence electrons. The molecule has 0 radical (unpaired) electrons. The Balaban J connectivity index is 1.60. The maximum absolute atomic E-state index is 12.8. The molecule has 22 heavy (non-hydrogen) atoms. The SMILES string of the molecule is O=C1[C@H]2[C@H](C(=O)N1c1ccc3nccnc3c1)[C@H]1C=C[C@H]2C1. The average Bonchev–Trinajstić information content (AvgIpc) is 3.21. The van der Waals surface area contributed by atoms with E-state index in [2.05, 4.69) is 22.1 Å². The largest absolute Gasteiger partial charge is 0.274 e. The van der Waals surface area contributed by atoms with Crippen molar-refractivity contribution >= 4 is 28.5 Å². The number of carbonyl (C=O) groups is 2. The molecule has 0 spiro atoms. The van der Waals surface area contributed by atoms with E-state index >= 15 is 0 Å². The van der Waals surface area contributed by atoms with Crippen molar-refractivity contribution in [3.05, 3.63) is 42.7 Å². The minimum atomic E-state index is -0.167. The molecule has 5 rings (SSSR count). The molecule has 2 fully saturated rings. The zero-order valence-electron chi connectivity index (χ0n) is 11.7. The minimum absolute atomic E-state index is 0.0601. The smallest absolute Gasteiger partial charge is 0.238 e. The summed E-state index contributed by atoms with van der Waals surface area (Å²) in [6, 6.07) is 5.36. The van der Waals surface area contributed by atoms with Crippen LogP contribution in [0.1, 0.15) is 6.42 Å². The molecule has 1 saturated heterocycles. The second-order valence-corrected chi connectivity index (χ2v) is 6.24. The highest BCUT2D eigenvalue weighted by atomic mass is 16.2. The maximum Gasteiger partial charge on any atom is 0.238 e. The third-order valence-corrected chi connectivity index (χ3v) is 5.18. The van der Waals surface area contributed by atoms with Gasteiger partial charge in [0.2, 0.25) is 11.8 Å². The van der Waals surface area contributed by atoms with E-state index in [0.717, 1.165) is 11.9 Å². The van der Waals surface area contributed by atoms with E-state index in [1.807, 2.05) is 0 Å². The molecule has 1 aromatic heterocycles. The van der Waals surface area contributed by atoms with Gasteiger partial charge in [-0.2, -0.15) is 0 Å². The van der Waals surface area contributed by atoms with E-state index in [1.165, 1.54) is 4.90 Å². The van der Waals surface area contributed by atoms with Gasteiger partial charge in [-0.15, -0.1) is 0 Å². The molecule has 2 heterocycles. The Bertz CT molecular complexity index is 830. The molecular formula is C17H13N3O2. The Hall–Kier alpha value is -2.56. The van der Waals surface area contributed by atoms with Gasteiger partial charge in [0, 0.05) is 12.4 Å². The van der Waals surface area contributed by atoms with Gasteiger partial charge in [-0.1, -0.05) is 12.2 Å². The Morgan fingerprint density at radius 2 is 1.55 bits per heavy atom. The van der Waals surface area contributed by atoms with E-state index in [9.17, 15) is 9.59 Å². The first kappa shape index (κ1) is 12.0. The van der Waals surface area contributed by atoms with E-state index in [0.29, 0.717) is 11.2 Å². The lowest BCUT2D eigenvalue weighted by Crippen LogP contribution is -2.32. The van der Waals surface area contributed by atoms with Crippen LogP contribution in [-0.4, -0.2) is 21.8 Å². The van der Waals surface area contributed by atoms with Crippen LogP contribution in [0.4, 0.5) is 5.69 Å². The third-order valence-electron chi connectivity index (χ3n) is 5.18. The Kier molecular flexibility index (Phi) is 2.19. The van der Waals surface area contributed by atoms with Crippen LogP contribution in [0.3, 0.4) is 0 Å². The quantitative estimate of drug-likeness (QED) is 0.595. The Labute approximate surface area is 126 Å². The van der Waals surface area contributed by atoms with Gasteiger partial charge in [-0.3, -0.25) is 19.6 Å². The lowest BCUT2D eigenvalue weighted by molar-refractivity contribution is -0.123. The van der Waals surface area contributed by atoms with Crippen molar-refractivity contribution in [2.24, 2.45) is 23.7 Å². The van der Waals surface area contributed by atoms with Crippen LogP contribution < -0.4 is 4.90 Å². The number of aromatic nitrogens is 2. The minimum Gasteiger partial charge on any atom is -0.274 e. The number of anilines is 1. The number of allylic oxidation sites excluding steroid dienone is 2. The molecule has 2 bridgehead atoms. The zero-order valence-corrected chi connectivity index (χ0v) is 11.7. The highest BCUT2D eigenvalue weighted by Crippen LogP contribution is 2.53. The van der Waals surface area contributed by atoms with Gasteiger partial charge in [0.05, 0.1) is 28.6 Å². The maximum atomic E-state index is 12.8. The second kappa shape index (κ2) is 4.00. The van der Waals surface area contributed by atoms with E-state index in [4.69, 9.17) is 0 Å². The van der Waals surface area contributed by atoms with Gasteiger partial charge in [0.25, 0.3) is 0 Å². The van der Waals surface area contributed by atoms with Crippen molar-refractivity contribution in [3.63, 3.8) is 0 Å². The van der Waals surface area contributed by atoms with Crippen LogP contribution in [0.2, 0.25) is 0 Å². The van der Waals surface area contributed by atoms with Crippen LogP contribution in [-0.2, 0) is 9.59 Å². The molecular weight excluding hydrogens is 278 g/mol. The average molecular weight is 291 g/mol. The van der Waals surface area contributed by atoms with Crippen molar-refractivity contribution in [2.75, 3.05) is 4.90 Å². The number of benzene rings is 1. The molecule has 5 nitrogen and oxygen atoms in total.